The molecule has 2 saturated heterocycles. The molecule has 25 heavy (non-hydrogen) atoms. The first-order valence-corrected chi connectivity index (χ1v) is 10.4. The molecule has 2 aliphatic heterocycles. The maximum atomic E-state index is 5.56. The molecule has 1 N–H and O–H groups in total. The van der Waals surface area contributed by atoms with Crippen LogP contribution < -0.4 is 10.2 Å². The second kappa shape index (κ2) is 9.38. The third-order valence-corrected chi connectivity index (χ3v) is 5.89. The van der Waals surface area contributed by atoms with Gasteiger partial charge in [0, 0.05) is 64.1 Å². The van der Waals surface area contributed by atoms with Crippen molar-refractivity contribution in [3.63, 3.8) is 0 Å². The van der Waals surface area contributed by atoms with Crippen LogP contribution in [-0.4, -0.2) is 68.8 Å². The molecule has 3 rings (SSSR count). The number of likely N-dealkylation sites (tertiary alicyclic amines) is 1. The predicted octanol–water partition coefficient (Wildman–Crippen LogP) is 2.22. The van der Waals surface area contributed by atoms with Crippen LogP contribution >= 0.6 is 11.3 Å². The molecule has 0 spiro atoms. The fourth-order valence-electron chi connectivity index (χ4n) is 3.55. The van der Waals surface area contributed by atoms with Crippen molar-refractivity contribution in [1.29, 1.82) is 0 Å². The Balaban J connectivity index is 1.41. The SMILES string of the molecule is CCOCC1CCN(C(=NC)NCCc2csc(N3CCCC3)n2)C1. The first-order valence-electron chi connectivity index (χ1n) is 9.52. The molecule has 6 nitrogen and oxygen atoms in total. The minimum absolute atomic E-state index is 0.625. The number of hydrogen-bond acceptors (Lipinski definition) is 5. The zero-order valence-corrected chi connectivity index (χ0v) is 16.4. The topological polar surface area (TPSA) is 53.0 Å². The van der Waals surface area contributed by atoms with Gasteiger partial charge in [-0.05, 0) is 26.2 Å². The lowest BCUT2D eigenvalue weighted by Crippen LogP contribution is -2.41. The van der Waals surface area contributed by atoms with Crippen molar-refractivity contribution in [1.82, 2.24) is 15.2 Å². The zero-order valence-electron chi connectivity index (χ0n) is 15.5. The van der Waals surface area contributed by atoms with Gasteiger partial charge in [0.1, 0.15) is 0 Å². The molecule has 2 fully saturated rings. The third-order valence-electron chi connectivity index (χ3n) is 4.94. The van der Waals surface area contributed by atoms with Crippen LogP contribution in [0.1, 0.15) is 31.9 Å². The average Bonchev–Trinajstić information content (AvgIpc) is 3.38. The smallest absolute Gasteiger partial charge is 0.193 e. The molecule has 0 amide bonds. The fraction of sp³-hybridized carbons (Fsp3) is 0.778. The highest BCUT2D eigenvalue weighted by Crippen LogP contribution is 2.24. The van der Waals surface area contributed by atoms with Crippen molar-refractivity contribution in [2.24, 2.45) is 10.9 Å². The average molecular weight is 366 g/mol. The number of hydrogen-bond donors (Lipinski definition) is 1. The molecule has 1 atom stereocenters. The largest absolute Gasteiger partial charge is 0.381 e. The number of nitrogens with zero attached hydrogens (tertiary/aromatic N) is 4. The van der Waals surface area contributed by atoms with Crippen LogP contribution in [0, 0.1) is 5.92 Å². The highest BCUT2D eigenvalue weighted by molar-refractivity contribution is 7.13. The molecule has 1 aromatic heterocycles. The summed E-state index contributed by atoms with van der Waals surface area (Å²) in [5.74, 6) is 1.63. The molecule has 3 heterocycles. The van der Waals surface area contributed by atoms with Gasteiger partial charge in [0.25, 0.3) is 0 Å². The highest BCUT2D eigenvalue weighted by atomic mass is 32.1. The van der Waals surface area contributed by atoms with E-state index in [1.54, 1.807) is 11.3 Å². The molecule has 0 saturated carbocycles. The van der Waals surface area contributed by atoms with Crippen molar-refractivity contribution >= 4 is 22.4 Å². The molecule has 0 radical (unpaired) electrons. The van der Waals surface area contributed by atoms with Crippen LogP contribution in [0.25, 0.3) is 0 Å². The van der Waals surface area contributed by atoms with E-state index in [1.807, 2.05) is 7.05 Å². The van der Waals surface area contributed by atoms with Gasteiger partial charge >= 0.3 is 0 Å². The van der Waals surface area contributed by atoms with Gasteiger partial charge < -0.3 is 19.9 Å². The second-order valence-electron chi connectivity index (χ2n) is 6.80. The molecular weight excluding hydrogens is 334 g/mol. The van der Waals surface area contributed by atoms with E-state index in [0.29, 0.717) is 5.92 Å². The summed E-state index contributed by atoms with van der Waals surface area (Å²) >= 11 is 1.78. The lowest BCUT2D eigenvalue weighted by Gasteiger charge is -2.21. The van der Waals surface area contributed by atoms with Gasteiger partial charge in [-0.2, -0.15) is 0 Å². The molecule has 0 bridgehead atoms. The zero-order chi connectivity index (χ0) is 17.5. The Labute approximate surface area is 155 Å². The van der Waals surface area contributed by atoms with Gasteiger partial charge in [0.15, 0.2) is 11.1 Å². The van der Waals surface area contributed by atoms with Gasteiger partial charge in [0.2, 0.25) is 0 Å². The van der Waals surface area contributed by atoms with E-state index >= 15 is 0 Å². The Bertz CT molecular complexity index is 555. The molecule has 2 aliphatic rings. The van der Waals surface area contributed by atoms with Crippen molar-refractivity contribution in [2.45, 2.75) is 32.6 Å². The first-order chi connectivity index (χ1) is 12.3. The van der Waals surface area contributed by atoms with E-state index in [0.717, 1.165) is 58.3 Å². The number of nitrogens with one attached hydrogen (secondary N) is 1. The van der Waals surface area contributed by atoms with Gasteiger partial charge in [-0.15, -0.1) is 11.3 Å². The van der Waals surface area contributed by atoms with E-state index in [1.165, 1.54) is 30.1 Å². The highest BCUT2D eigenvalue weighted by Gasteiger charge is 2.24. The number of thiazole rings is 1. The summed E-state index contributed by atoms with van der Waals surface area (Å²) in [6.45, 7) is 9.02. The molecular formula is C18H31N5OS. The monoisotopic (exact) mass is 365 g/mol. The van der Waals surface area contributed by atoms with Crippen LogP contribution in [0.5, 0.6) is 0 Å². The summed E-state index contributed by atoms with van der Waals surface area (Å²) < 4.78 is 5.56. The van der Waals surface area contributed by atoms with Crippen LogP contribution in [-0.2, 0) is 11.2 Å². The summed E-state index contributed by atoms with van der Waals surface area (Å²) in [6, 6.07) is 0. The Kier molecular flexibility index (Phi) is 6.93. The van der Waals surface area contributed by atoms with Crippen molar-refractivity contribution in [2.75, 3.05) is 57.9 Å². The standard InChI is InChI=1S/C18H31N5OS/c1-3-24-13-15-7-11-23(12-15)17(19-2)20-8-6-16-14-25-18(21-16)22-9-4-5-10-22/h14-15H,3-13H2,1-2H3,(H,19,20). The van der Waals surface area contributed by atoms with Crippen LogP contribution in [0.15, 0.2) is 10.4 Å². The first kappa shape index (κ1) is 18.5. The maximum absolute atomic E-state index is 5.56. The Morgan fingerprint density at radius 3 is 3.00 bits per heavy atom. The fourth-order valence-corrected chi connectivity index (χ4v) is 4.46. The number of rotatable bonds is 7. The van der Waals surface area contributed by atoms with E-state index in [4.69, 9.17) is 9.72 Å². The summed E-state index contributed by atoms with van der Waals surface area (Å²) in [5, 5.41) is 6.89. The predicted molar refractivity (Wildman–Crippen MR) is 105 cm³/mol. The van der Waals surface area contributed by atoms with Crippen LogP contribution in [0.4, 0.5) is 5.13 Å². The number of aliphatic imine (C=N–C) groups is 1. The van der Waals surface area contributed by atoms with Crippen molar-refractivity contribution in [3.05, 3.63) is 11.1 Å². The van der Waals surface area contributed by atoms with Crippen molar-refractivity contribution < 1.29 is 4.74 Å². The molecule has 1 aromatic rings. The molecule has 1 unspecified atom stereocenters. The number of aromatic nitrogens is 1. The second-order valence-corrected chi connectivity index (χ2v) is 7.64. The van der Waals surface area contributed by atoms with E-state index in [-0.39, 0.29) is 0 Å². The Morgan fingerprint density at radius 2 is 2.24 bits per heavy atom. The molecule has 0 aromatic carbocycles. The molecule has 7 heteroatoms. The summed E-state index contributed by atoms with van der Waals surface area (Å²) in [5.41, 5.74) is 1.19. The Morgan fingerprint density at radius 1 is 1.40 bits per heavy atom. The maximum Gasteiger partial charge on any atom is 0.193 e. The summed E-state index contributed by atoms with van der Waals surface area (Å²) in [4.78, 5) is 14.0. The normalized spacial score (nSPS) is 21.4. The van der Waals surface area contributed by atoms with Crippen LogP contribution in [0.3, 0.4) is 0 Å². The van der Waals surface area contributed by atoms with Crippen LogP contribution in [0.2, 0.25) is 0 Å². The summed E-state index contributed by atoms with van der Waals surface area (Å²) in [6.07, 6.45) is 4.73. The number of guanidine groups is 1. The molecule has 0 aliphatic carbocycles. The minimum Gasteiger partial charge on any atom is -0.381 e. The summed E-state index contributed by atoms with van der Waals surface area (Å²) in [7, 11) is 1.87. The number of ether oxygens (including phenoxy) is 1. The minimum atomic E-state index is 0.625. The third kappa shape index (κ3) is 5.07. The van der Waals surface area contributed by atoms with Gasteiger partial charge in [-0.25, -0.2) is 4.98 Å². The van der Waals surface area contributed by atoms with Crippen molar-refractivity contribution in [3.8, 4) is 0 Å². The Hall–Kier alpha value is -1.34. The van der Waals surface area contributed by atoms with Gasteiger partial charge in [0.05, 0.1) is 12.3 Å². The number of anilines is 1. The molecule has 140 valence electrons. The van der Waals surface area contributed by atoms with E-state index in [2.05, 4.69) is 32.4 Å². The quantitative estimate of drug-likeness (QED) is 0.593. The van der Waals surface area contributed by atoms with Gasteiger partial charge in [-0.1, -0.05) is 0 Å². The van der Waals surface area contributed by atoms with Gasteiger partial charge in [-0.3, -0.25) is 4.99 Å². The lowest BCUT2D eigenvalue weighted by molar-refractivity contribution is 0.114. The van der Waals surface area contributed by atoms with E-state index in [9.17, 15) is 0 Å². The van der Waals surface area contributed by atoms with E-state index < -0.39 is 0 Å². The lowest BCUT2D eigenvalue weighted by atomic mass is 10.1.